The van der Waals surface area contributed by atoms with E-state index in [0.29, 0.717) is 34.7 Å². The molecule has 0 aliphatic rings. The van der Waals surface area contributed by atoms with Crippen LogP contribution in [-0.2, 0) is 16.1 Å². The lowest BCUT2D eigenvalue weighted by molar-refractivity contribution is -0.131. The molecule has 2 rings (SSSR count). The van der Waals surface area contributed by atoms with Crippen LogP contribution < -0.4 is 14.8 Å². The standard InChI is InChI=1S/C20H20BrNO5/c1-2-26-17-10-15(8-9-20(24)25)16(21)11-18(17)27-13-19(23)22-12-14-6-4-3-5-7-14/h3-11H,2,12-13H2,1H3,(H,22,23)(H,24,25). The van der Waals surface area contributed by atoms with Gasteiger partial charge < -0.3 is 19.9 Å². The predicted molar refractivity (Wildman–Crippen MR) is 106 cm³/mol. The largest absolute Gasteiger partial charge is 0.490 e. The molecule has 2 aromatic rings. The lowest BCUT2D eigenvalue weighted by Gasteiger charge is -2.14. The molecular weight excluding hydrogens is 414 g/mol. The lowest BCUT2D eigenvalue weighted by Crippen LogP contribution is -2.28. The van der Waals surface area contributed by atoms with Crippen LogP contribution in [0.2, 0.25) is 0 Å². The first-order valence-corrected chi connectivity index (χ1v) is 9.09. The summed E-state index contributed by atoms with van der Waals surface area (Å²) >= 11 is 3.37. The van der Waals surface area contributed by atoms with Crippen molar-refractivity contribution in [2.75, 3.05) is 13.2 Å². The molecule has 27 heavy (non-hydrogen) atoms. The van der Waals surface area contributed by atoms with Crippen LogP contribution in [0.25, 0.3) is 6.08 Å². The van der Waals surface area contributed by atoms with E-state index in [0.717, 1.165) is 11.6 Å². The van der Waals surface area contributed by atoms with Crippen molar-refractivity contribution >= 4 is 33.9 Å². The molecule has 2 N–H and O–H groups in total. The Morgan fingerprint density at radius 3 is 2.52 bits per heavy atom. The van der Waals surface area contributed by atoms with E-state index >= 15 is 0 Å². The van der Waals surface area contributed by atoms with Crippen LogP contribution >= 0.6 is 15.9 Å². The molecule has 0 bridgehead atoms. The molecule has 0 fully saturated rings. The number of hydrogen-bond acceptors (Lipinski definition) is 4. The zero-order valence-electron chi connectivity index (χ0n) is 14.8. The Bertz CT molecular complexity index is 821. The van der Waals surface area contributed by atoms with Crippen molar-refractivity contribution < 1.29 is 24.2 Å². The number of benzene rings is 2. The van der Waals surface area contributed by atoms with Crippen LogP contribution in [0.15, 0.2) is 53.0 Å². The number of ether oxygens (including phenoxy) is 2. The van der Waals surface area contributed by atoms with Gasteiger partial charge in [-0.2, -0.15) is 0 Å². The molecule has 0 saturated heterocycles. The van der Waals surface area contributed by atoms with Gasteiger partial charge in [-0.1, -0.05) is 46.3 Å². The second kappa shape index (κ2) is 10.4. The molecule has 0 radical (unpaired) electrons. The molecule has 0 saturated carbocycles. The molecule has 142 valence electrons. The number of carbonyl (C=O) groups is 2. The number of aliphatic carboxylic acids is 1. The molecule has 0 unspecified atom stereocenters. The van der Waals surface area contributed by atoms with E-state index in [1.807, 2.05) is 37.3 Å². The minimum absolute atomic E-state index is 0.163. The van der Waals surface area contributed by atoms with Crippen molar-refractivity contribution in [3.8, 4) is 11.5 Å². The summed E-state index contributed by atoms with van der Waals surface area (Å²) in [6, 6.07) is 12.9. The molecule has 0 aliphatic carbocycles. The zero-order chi connectivity index (χ0) is 19.6. The van der Waals surface area contributed by atoms with Gasteiger partial charge in [0.2, 0.25) is 0 Å². The minimum Gasteiger partial charge on any atom is -0.490 e. The Morgan fingerprint density at radius 1 is 1.15 bits per heavy atom. The lowest BCUT2D eigenvalue weighted by atomic mass is 10.2. The second-order valence-electron chi connectivity index (χ2n) is 5.48. The van der Waals surface area contributed by atoms with E-state index in [-0.39, 0.29) is 12.5 Å². The van der Waals surface area contributed by atoms with Crippen molar-refractivity contribution in [1.82, 2.24) is 5.32 Å². The fourth-order valence-corrected chi connectivity index (χ4v) is 2.67. The maximum Gasteiger partial charge on any atom is 0.328 e. The summed E-state index contributed by atoms with van der Waals surface area (Å²) in [5.41, 5.74) is 1.62. The highest BCUT2D eigenvalue weighted by Gasteiger charge is 2.12. The highest BCUT2D eigenvalue weighted by molar-refractivity contribution is 9.10. The molecular formula is C20H20BrNO5. The Morgan fingerprint density at radius 2 is 1.85 bits per heavy atom. The van der Waals surface area contributed by atoms with Crippen molar-refractivity contribution in [3.05, 3.63) is 64.1 Å². The van der Waals surface area contributed by atoms with Crippen molar-refractivity contribution in [2.24, 2.45) is 0 Å². The number of rotatable bonds is 9. The van der Waals surface area contributed by atoms with Gasteiger partial charge in [-0.15, -0.1) is 0 Å². The average molecular weight is 434 g/mol. The summed E-state index contributed by atoms with van der Waals surface area (Å²) in [6.45, 7) is 2.49. The van der Waals surface area contributed by atoms with Crippen LogP contribution in [0.5, 0.6) is 11.5 Å². The summed E-state index contributed by atoms with van der Waals surface area (Å²) < 4.78 is 11.8. The molecule has 0 aromatic heterocycles. The van der Waals surface area contributed by atoms with Gasteiger partial charge in [0.1, 0.15) is 0 Å². The summed E-state index contributed by atoms with van der Waals surface area (Å²) in [7, 11) is 0. The Hall–Kier alpha value is -2.80. The molecule has 0 aliphatic heterocycles. The van der Waals surface area contributed by atoms with Crippen LogP contribution in [0.1, 0.15) is 18.1 Å². The Labute approximate surface area is 165 Å². The van der Waals surface area contributed by atoms with E-state index in [1.54, 1.807) is 12.1 Å². The summed E-state index contributed by atoms with van der Waals surface area (Å²) in [5, 5.41) is 11.6. The fourth-order valence-electron chi connectivity index (χ4n) is 2.21. The predicted octanol–water partition coefficient (Wildman–Crippen LogP) is 3.64. The smallest absolute Gasteiger partial charge is 0.328 e. The molecule has 0 heterocycles. The quantitative estimate of drug-likeness (QED) is 0.589. The maximum absolute atomic E-state index is 12.0. The average Bonchev–Trinajstić information content (AvgIpc) is 2.66. The Balaban J connectivity index is 2.02. The second-order valence-corrected chi connectivity index (χ2v) is 6.33. The first-order valence-electron chi connectivity index (χ1n) is 8.30. The highest BCUT2D eigenvalue weighted by atomic mass is 79.9. The molecule has 6 nitrogen and oxygen atoms in total. The van der Waals surface area contributed by atoms with Crippen molar-refractivity contribution in [3.63, 3.8) is 0 Å². The SMILES string of the molecule is CCOc1cc(C=CC(=O)O)c(Br)cc1OCC(=O)NCc1ccccc1. The van der Waals surface area contributed by atoms with Crippen LogP contribution in [0.3, 0.4) is 0 Å². The molecule has 7 heteroatoms. The fraction of sp³-hybridized carbons (Fsp3) is 0.200. The zero-order valence-corrected chi connectivity index (χ0v) is 16.4. The van der Waals surface area contributed by atoms with Crippen molar-refractivity contribution in [1.29, 1.82) is 0 Å². The van der Waals surface area contributed by atoms with E-state index in [9.17, 15) is 9.59 Å². The monoisotopic (exact) mass is 433 g/mol. The molecule has 1 amide bonds. The number of carbonyl (C=O) groups excluding carboxylic acids is 1. The van der Waals surface area contributed by atoms with Gasteiger partial charge >= 0.3 is 5.97 Å². The maximum atomic E-state index is 12.0. The third-order valence-corrected chi connectivity index (χ3v) is 4.15. The minimum atomic E-state index is -1.05. The van der Waals surface area contributed by atoms with E-state index in [4.69, 9.17) is 14.6 Å². The van der Waals surface area contributed by atoms with Crippen LogP contribution in [-0.4, -0.2) is 30.2 Å². The van der Waals surface area contributed by atoms with Gasteiger partial charge in [0.05, 0.1) is 6.61 Å². The van der Waals surface area contributed by atoms with Gasteiger partial charge in [0.25, 0.3) is 5.91 Å². The third-order valence-electron chi connectivity index (χ3n) is 3.46. The van der Waals surface area contributed by atoms with E-state index in [2.05, 4.69) is 21.2 Å². The summed E-state index contributed by atoms with van der Waals surface area (Å²) in [5.74, 6) is -0.477. The van der Waals surface area contributed by atoms with Crippen molar-refractivity contribution in [2.45, 2.75) is 13.5 Å². The Kier molecular flexibility index (Phi) is 7.88. The number of carboxylic acids is 1. The molecule has 0 spiro atoms. The summed E-state index contributed by atoms with van der Waals surface area (Å²) in [6.07, 6.45) is 2.48. The van der Waals surface area contributed by atoms with Crippen LogP contribution in [0.4, 0.5) is 0 Å². The van der Waals surface area contributed by atoms with Gasteiger partial charge in [-0.3, -0.25) is 4.79 Å². The number of carboxylic acid groups (broad SMARTS) is 1. The topological polar surface area (TPSA) is 84.9 Å². The van der Waals surface area contributed by atoms with Gasteiger partial charge in [0.15, 0.2) is 18.1 Å². The number of amides is 1. The number of hydrogen-bond donors (Lipinski definition) is 2. The molecule has 0 atom stereocenters. The number of halogens is 1. The van der Waals surface area contributed by atoms with E-state index in [1.165, 1.54) is 6.08 Å². The highest BCUT2D eigenvalue weighted by Crippen LogP contribution is 2.34. The normalized spacial score (nSPS) is 10.6. The van der Waals surface area contributed by atoms with Crippen LogP contribution in [0, 0.1) is 0 Å². The van der Waals surface area contributed by atoms with E-state index < -0.39 is 5.97 Å². The molecule has 2 aromatic carbocycles. The number of nitrogens with one attached hydrogen (secondary N) is 1. The third kappa shape index (κ3) is 6.79. The summed E-state index contributed by atoms with van der Waals surface area (Å²) in [4.78, 5) is 22.7. The first kappa shape index (κ1) is 20.5. The first-order chi connectivity index (χ1) is 13.0. The van der Waals surface area contributed by atoms with Gasteiger partial charge in [0, 0.05) is 17.1 Å². The van der Waals surface area contributed by atoms with Gasteiger partial charge in [-0.05, 0) is 36.3 Å². The van der Waals surface area contributed by atoms with Gasteiger partial charge in [-0.25, -0.2) is 4.79 Å².